The van der Waals surface area contributed by atoms with Gasteiger partial charge in [0.25, 0.3) is 15.7 Å². The third-order valence-corrected chi connectivity index (χ3v) is 5.28. The van der Waals surface area contributed by atoms with Gasteiger partial charge < -0.3 is 9.47 Å². The Kier molecular flexibility index (Phi) is 7.37. The van der Waals surface area contributed by atoms with Crippen molar-refractivity contribution in [1.29, 1.82) is 0 Å². The fraction of sp³-hybridized carbons (Fsp3) is 0.150. The van der Waals surface area contributed by atoms with E-state index in [0.29, 0.717) is 6.08 Å². The lowest BCUT2D eigenvalue weighted by atomic mass is 10.0. The fourth-order valence-corrected chi connectivity index (χ4v) is 3.45. The molecule has 0 aliphatic heterocycles. The van der Waals surface area contributed by atoms with E-state index in [1.54, 1.807) is 19.1 Å². The Morgan fingerprint density at radius 3 is 2.26 bits per heavy atom. The van der Waals surface area contributed by atoms with Crippen LogP contribution in [0, 0.1) is 17.0 Å². The van der Waals surface area contributed by atoms with Gasteiger partial charge in [0.2, 0.25) is 0 Å². The summed E-state index contributed by atoms with van der Waals surface area (Å²) in [5.74, 6) is -2.07. The molecule has 0 aliphatic rings. The zero-order valence-corrected chi connectivity index (χ0v) is 17.6. The molecule has 0 heterocycles. The van der Waals surface area contributed by atoms with Crippen LogP contribution in [0.2, 0.25) is 0 Å². The smallest absolute Gasteiger partial charge is 0.340 e. The van der Waals surface area contributed by atoms with E-state index in [2.05, 4.69) is 13.9 Å². The van der Waals surface area contributed by atoms with Crippen molar-refractivity contribution in [1.82, 2.24) is 0 Å². The largest absolute Gasteiger partial charge is 0.466 e. The molecule has 0 atom stereocenters. The molecule has 0 saturated carbocycles. The highest BCUT2D eigenvalue weighted by molar-refractivity contribution is 7.90. The molecule has 0 N–H and O–H groups in total. The van der Waals surface area contributed by atoms with E-state index < -0.39 is 38.2 Å². The van der Waals surface area contributed by atoms with Crippen LogP contribution in [-0.4, -0.2) is 45.2 Å². The van der Waals surface area contributed by atoms with E-state index in [1.165, 1.54) is 30.3 Å². The Morgan fingerprint density at radius 2 is 1.71 bits per heavy atom. The summed E-state index contributed by atoms with van der Waals surface area (Å²) in [5, 5.41) is 11.2. The molecule has 0 radical (unpaired) electrons. The van der Waals surface area contributed by atoms with Crippen LogP contribution < -0.4 is 0 Å². The second kappa shape index (κ2) is 9.76. The lowest BCUT2D eigenvalue weighted by molar-refractivity contribution is -0.384. The SMILES string of the molecule is COC(=O)/C=C(C(=O)OC)\C(=N\S(=O)(=O)c1ccc(C)cc1)c1cccc([N+](=O)[O-])c1. The number of methoxy groups -OCH3 is 2. The number of hydrogen-bond donors (Lipinski definition) is 0. The van der Waals surface area contributed by atoms with E-state index in [0.717, 1.165) is 25.8 Å². The van der Waals surface area contributed by atoms with Gasteiger partial charge in [0.15, 0.2) is 0 Å². The van der Waals surface area contributed by atoms with E-state index in [1.807, 2.05) is 0 Å². The molecule has 10 nitrogen and oxygen atoms in total. The van der Waals surface area contributed by atoms with Crippen LogP contribution in [-0.2, 0) is 29.1 Å². The molecule has 162 valence electrons. The number of rotatable bonds is 7. The molecule has 0 bridgehead atoms. The van der Waals surface area contributed by atoms with E-state index in [4.69, 9.17) is 0 Å². The molecule has 0 fully saturated rings. The Hall–Kier alpha value is -3.86. The first kappa shape index (κ1) is 23.4. The van der Waals surface area contributed by atoms with E-state index in [-0.39, 0.29) is 16.1 Å². The normalized spacial score (nSPS) is 12.2. The average Bonchev–Trinajstić information content (AvgIpc) is 2.75. The highest BCUT2D eigenvalue weighted by Gasteiger charge is 2.25. The Balaban J connectivity index is 2.82. The summed E-state index contributed by atoms with van der Waals surface area (Å²) in [5.41, 5.74) is -0.722. The van der Waals surface area contributed by atoms with E-state index >= 15 is 0 Å². The van der Waals surface area contributed by atoms with Crippen molar-refractivity contribution >= 4 is 33.4 Å². The van der Waals surface area contributed by atoms with Crippen LogP contribution >= 0.6 is 0 Å². The number of nitrogens with zero attached hydrogens (tertiary/aromatic N) is 2. The summed E-state index contributed by atoms with van der Waals surface area (Å²) in [6, 6.07) is 10.6. The van der Waals surface area contributed by atoms with Gasteiger partial charge in [-0.05, 0) is 19.1 Å². The van der Waals surface area contributed by atoms with Crippen molar-refractivity contribution in [3.63, 3.8) is 0 Å². The number of esters is 2. The van der Waals surface area contributed by atoms with Crippen LogP contribution in [0.15, 0.2) is 69.5 Å². The van der Waals surface area contributed by atoms with Crippen LogP contribution in [0.4, 0.5) is 5.69 Å². The quantitative estimate of drug-likeness (QED) is 0.207. The topological polar surface area (TPSA) is 142 Å². The number of ether oxygens (including phenoxy) is 2. The second-order valence-corrected chi connectivity index (χ2v) is 7.71. The van der Waals surface area contributed by atoms with Gasteiger partial charge in [0, 0.05) is 23.8 Å². The van der Waals surface area contributed by atoms with Crippen molar-refractivity contribution < 1.29 is 32.4 Å². The second-order valence-electron chi connectivity index (χ2n) is 6.11. The molecule has 0 aromatic heterocycles. The maximum absolute atomic E-state index is 12.9. The molecule has 31 heavy (non-hydrogen) atoms. The minimum Gasteiger partial charge on any atom is -0.466 e. The summed E-state index contributed by atoms with van der Waals surface area (Å²) < 4.78 is 38.7. The number of nitro groups is 1. The van der Waals surface area contributed by atoms with Gasteiger partial charge in [-0.3, -0.25) is 10.1 Å². The molecule has 0 amide bonds. The molecule has 0 aliphatic carbocycles. The van der Waals surface area contributed by atoms with Gasteiger partial charge in [0.1, 0.15) is 0 Å². The third kappa shape index (κ3) is 5.82. The van der Waals surface area contributed by atoms with Crippen LogP contribution in [0.5, 0.6) is 0 Å². The van der Waals surface area contributed by atoms with Crippen LogP contribution in [0.3, 0.4) is 0 Å². The van der Waals surface area contributed by atoms with Crippen molar-refractivity contribution in [3.05, 3.63) is 81.4 Å². The molecule has 0 saturated heterocycles. The number of carbonyl (C=O) groups is 2. The minimum atomic E-state index is -4.37. The third-order valence-electron chi connectivity index (χ3n) is 3.98. The molecular formula is C20H18N2O8S. The first-order valence-electron chi connectivity index (χ1n) is 8.64. The lowest BCUT2D eigenvalue weighted by Crippen LogP contribution is -2.19. The molecule has 2 rings (SSSR count). The zero-order chi connectivity index (χ0) is 23.2. The van der Waals surface area contributed by atoms with Gasteiger partial charge in [0.05, 0.1) is 35.3 Å². The number of hydrogen-bond acceptors (Lipinski definition) is 8. The first-order chi connectivity index (χ1) is 14.6. The highest BCUT2D eigenvalue weighted by atomic mass is 32.2. The van der Waals surface area contributed by atoms with Gasteiger partial charge in [-0.2, -0.15) is 12.8 Å². The van der Waals surface area contributed by atoms with Gasteiger partial charge >= 0.3 is 11.9 Å². The fourth-order valence-electron chi connectivity index (χ4n) is 2.42. The predicted octanol–water partition coefficient (Wildman–Crippen LogP) is 2.35. The van der Waals surface area contributed by atoms with Crippen molar-refractivity contribution in [3.8, 4) is 0 Å². The number of sulfonamides is 1. The first-order valence-corrected chi connectivity index (χ1v) is 10.1. The maximum atomic E-state index is 12.9. The van der Waals surface area contributed by atoms with Gasteiger partial charge in [-0.1, -0.05) is 29.8 Å². The standard InChI is InChI=1S/C20H18N2O8S/c1-13-7-9-16(10-8-13)31(27,28)21-19(14-5-4-6-15(11-14)22(25)26)17(20(24)30-3)12-18(23)29-2/h4-12H,1-3H3/b17-12+,21-19+. The van der Waals surface area contributed by atoms with Crippen molar-refractivity contribution in [2.45, 2.75) is 11.8 Å². The average molecular weight is 446 g/mol. The summed E-state index contributed by atoms with van der Waals surface area (Å²) in [6.45, 7) is 1.77. The maximum Gasteiger partial charge on any atom is 0.340 e. The van der Waals surface area contributed by atoms with Crippen molar-refractivity contribution in [2.24, 2.45) is 4.40 Å². The molecule has 0 unspecified atom stereocenters. The van der Waals surface area contributed by atoms with Crippen molar-refractivity contribution in [2.75, 3.05) is 14.2 Å². The minimum absolute atomic E-state index is 0.0922. The molecule has 11 heteroatoms. The number of nitro benzene ring substituents is 1. The summed E-state index contributed by atoms with van der Waals surface area (Å²) >= 11 is 0. The van der Waals surface area contributed by atoms with Crippen LogP contribution in [0.1, 0.15) is 11.1 Å². The lowest BCUT2D eigenvalue weighted by Gasteiger charge is -2.10. The number of non-ortho nitro benzene ring substituents is 1. The summed E-state index contributed by atoms with van der Waals surface area (Å²) in [6.07, 6.45) is 0.703. The summed E-state index contributed by atoms with van der Waals surface area (Å²) in [7, 11) is -2.29. The Bertz CT molecular complexity index is 1180. The van der Waals surface area contributed by atoms with Gasteiger partial charge in [-0.25, -0.2) is 9.59 Å². The van der Waals surface area contributed by atoms with E-state index in [9.17, 15) is 28.1 Å². The predicted molar refractivity (Wildman–Crippen MR) is 110 cm³/mol. The number of aryl methyl sites for hydroxylation is 1. The molecule has 2 aromatic rings. The monoisotopic (exact) mass is 446 g/mol. The molecular weight excluding hydrogens is 428 g/mol. The number of benzene rings is 2. The summed E-state index contributed by atoms with van der Waals surface area (Å²) in [4.78, 5) is 34.5. The van der Waals surface area contributed by atoms with Gasteiger partial charge in [-0.15, -0.1) is 0 Å². The van der Waals surface area contributed by atoms with Crippen LogP contribution in [0.25, 0.3) is 0 Å². The molecule has 0 spiro atoms. The molecule has 2 aromatic carbocycles. The highest BCUT2D eigenvalue weighted by Crippen LogP contribution is 2.22. The zero-order valence-electron chi connectivity index (χ0n) is 16.8. The Labute approximate surface area is 178 Å². The Morgan fingerprint density at radius 1 is 1.06 bits per heavy atom. The number of carbonyl (C=O) groups excluding carboxylic acids is 2.